The Kier molecular flexibility index (Phi) is 28.3. The maximum atomic E-state index is 13.9. The minimum atomic E-state index is -0.527. The molecule has 5 aromatic carbocycles. The zero-order valence-corrected chi connectivity index (χ0v) is 76.3. The number of aliphatic hydroxyl groups is 1. The second kappa shape index (κ2) is 41.1. The summed E-state index contributed by atoms with van der Waals surface area (Å²) in [7, 11) is 0. The summed E-state index contributed by atoms with van der Waals surface area (Å²) in [5, 5.41) is 64.6. The van der Waals surface area contributed by atoms with Crippen LogP contribution in [0.15, 0.2) is 216 Å². The molecular weight excluding hydrogens is 1730 g/mol. The predicted octanol–water partition coefficient (Wildman–Crippen LogP) is 17.4. The van der Waals surface area contributed by atoms with Gasteiger partial charge in [0.05, 0.1) is 127 Å². The summed E-state index contributed by atoms with van der Waals surface area (Å²) >= 11 is 0. The highest BCUT2D eigenvalue weighted by molar-refractivity contribution is 5.78. The van der Waals surface area contributed by atoms with Crippen molar-refractivity contribution in [1.29, 1.82) is 0 Å². The van der Waals surface area contributed by atoms with E-state index in [0.717, 1.165) is 98.5 Å². The molecule has 135 heavy (non-hydrogen) atoms. The summed E-state index contributed by atoms with van der Waals surface area (Å²) in [5.41, 5.74) is 14.8. The SMILES string of the molecule is C=C1NC[C@@H](CC)Oc2ccc(F)cc2[C@@H](C)Nc2ccn3ncc1c3n2.C=C1NC[C@H](CC)Oc2ccc(F)cc2[C@@H](C)Nc2ccn3ncc1c3n2.C=C1NC[C@H](CO)Oc2ccc(F)cc2[C@@H](C)Nc2ccn3ncc1c3n2.C=C1N[C@@H](CC)COc2ccc(F)cc2[C@@H](C)Nc2ccn3ncc1c3n2.C=C1N[C@H](CC)COc2ccc(F)cc2[C@@H](C)Nc2ccn3ncc1c3n2. The van der Waals surface area contributed by atoms with E-state index in [0.29, 0.717) is 130 Å². The predicted molar refractivity (Wildman–Crippen MR) is 513 cm³/mol. The van der Waals surface area contributed by atoms with Crippen LogP contribution in [0.2, 0.25) is 0 Å². The van der Waals surface area contributed by atoms with E-state index < -0.39 is 6.10 Å². The van der Waals surface area contributed by atoms with E-state index in [2.05, 4.69) is 164 Å². The Labute approximate surface area is 776 Å². The van der Waals surface area contributed by atoms with Crippen molar-refractivity contribution in [2.45, 2.75) is 149 Å². The third-order valence-corrected chi connectivity index (χ3v) is 23.7. The van der Waals surface area contributed by atoms with E-state index >= 15 is 0 Å². The molecule has 11 N–H and O–H groups in total. The summed E-state index contributed by atoms with van der Waals surface area (Å²) in [4.78, 5) is 23.3. The largest absolute Gasteiger partial charge is 0.491 e. The fourth-order valence-electron chi connectivity index (χ4n) is 16.0. The molecule has 15 aromatic rings. The van der Waals surface area contributed by atoms with Crippen molar-refractivity contribution >= 4 is 85.8 Å². The van der Waals surface area contributed by atoms with E-state index in [4.69, 9.17) is 23.7 Å². The smallest absolute Gasteiger partial charge is 0.166 e. The molecule has 0 spiro atoms. The van der Waals surface area contributed by atoms with E-state index in [1.165, 1.54) is 60.7 Å². The topological polar surface area (TPSA) is 338 Å². The van der Waals surface area contributed by atoms with Gasteiger partial charge in [0, 0.05) is 87.3 Å². The van der Waals surface area contributed by atoms with E-state index in [-0.39, 0.29) is 90.2 Å². The van der Waals surface area contributed by atoms with Crippen molar-refractivity contribution in [3.05, 3.63) is 301 Å². The highest BCUT2D eigenvalue weighted by Crippen LogP contribution is 2.38. The van der Waals surface area contributed by atoms with Crippen molar-refractivity contribution in [2.75, 3.05) is 66.0 Å². The molecule has 10 atom stereocenters. The number of nitrogens with zero attached hydrogens (tertiary/aromatic N) is 15. The summed E-state index contributed by atoms with van der Waals surface area (Å²) in [6.07, 6.45) is 20.4. The first-order valence-corrected chi connectivity index (χ1v) is 44.8. The number of anilines is 5. The molecule has 31 nitrogen and oxygen atoms in total. The summed E-state index contributed by atoms with van der Waals surface area (Å²) in [6.45, 7) is 40.8. The van der Waals surface area contributed by atoms with Gasteiger partial charge in [0.1, 0.15) is 118 Å². The standard InChI is InChI=1S/4C20H22FN5O.C19H20FN5O2/c2*1-4-15-11-27-18-6-5-14(21)9-16(18)12(2)24-19-7-8-26-20(25-19)17(10-22-26)13(3)23-15;2*1-4-15-10-22-12(2)17-11-23-26-8-7-19(25-20(17)26)24-13(3)16-9-14(21)5-6-18(16)27-15;1-11-16-9-22-25-6-5-18(24-19(16)25)23-12(2)15-7-13(20)3-4-17(15)27-14(10-26)8-21-11/h2*5-10,12,15,23H,3-4,11H2,1-2H3,(H,24,25);2*5-9,11,13,15,22H,2,4,10H2,1,3H3,(H,24,25);3-7,9,12,14,21,26H,1,8,10H2,2H3,(H,23,24)/t12-,15+;12-,15-;13-,15+;13-,15-;12-,14-/m11111/s1. The van der Waals surface area contributed by atoms with E-state index in [9.17, 15) is 27.1 Å². The third-order valence-electron chi connectivity index (χ3n) is 23.7. The van der Waals surface area contributed by atoms with Gasteiger partial charge in [-0.05, 0) is 182 Å². The zero-order valence-electron chi connectivity index (χ0n) is 76.3. The molecular formula is C99H108F5N25O6. The van der Waals surface area contributed by atoms with Crippen LogP contribution in [0.5, 0.6) is 28.7 Å². The third kappa shape index (κ3) is 21.3. The zero-order chi connectivity index (χ0) is 94.8. The first-order valence-electron chi connectivity index (χ1n) is 44.8. The summed E-state index contributed by atoms with van der Waals surface area (Å²) in [6, 6.07) is 31.0. The van der Waals surface area contributed by atoms with Crippen molar-refractivity contribution in [3.8, 4) is 28.7 Å². The second-order valence-electron chi connectivity index (χ2n) is 33.3. The van der Waals surface area contributed by atoms with Crippen LogP contribution in [0.4, 0.5) is 51.0 Å². The maximum absolute atomic E-state index is 13.9. The van der Waals surface area contributed by atoms with Gasteiger partial charge in [-0.1, -0.05) is 60.6 Å². The molecule has 0 saturated heterocycles. The Bertz CT molecular complexity index is 6330. The van der Waals surface area contributed by atoms with Crippen LogP contribution in [-0.4, -0.2) is 148 Å². The van der Waals surface area contributed by atoms with Gasteiger partial charge >= 0.3 is 0 Å². The normalized spacial score (nSPS) is 19.9. The van der Waals surface area contributed by atoms with Gasteiger partial charge in [-0.3, -0.25) is 0 Å². The van der Waals surface area contributed by atoms with Gasteiger partial charge in [0.15, 0.2) is 28.2 Å². The second-order valence-corrected chi connectivity index (χ2v) is 33.3. The molecule has 5 aliphatic heterocycles. The molecule has 0 radical (unpaired) electrons. The number of ether oxygens (including phenoxy) is 5. The fraction of sp³-hybridized carbons (Fsp3) is 0.293. The van der Waals surface area contributed by atoms with Gasteiger partial charge in [0.2, 0.25) is 0 Å². The number of rotatable bonds is 5. The summed E-state index contributed by atoms with van der Waals surface area (Å²) < 4.78 is 108. The Morgan fingerprint density at radius 3 is 0.807 bits per heavy atom. The van der Waals surface area contributed by atoms with Gasteiger partial charge in [0.25, 0.3) is 0 Å². The molecule has 5 aliphatic rings. The Morgan fingerprint density at radius 1 is 0.319 bits per heavy atom. The lowest BCUT2D eigenvalue weighted by molar-refractivity contribution is 0.116. The number of fused-ring (bicyclic) bond motifs is 10. The molecule has 20 rings (SSSR count). The highest BCUT2D eigenvalue weighted by Gasteiger charge is 2.28. The molecule has 0 unspecified atom stereocenters. The Balaban J connectivity index is 0.000000123. The lowest BCUT2D eigenvalue weighted by Gasteiger charge is -2.23. The maximum Gasteiger partial charge on any atom is 0.166 e. The van der Waals surface area contributed by atoms with Crippen LogP contribution in [0.3, 0.4) is 0 Å². The molecule has 700 valence electrons. The molecule has 10 bridgehead atoms. The van der Waals surface area contributed by atoms with Gasteiger partial charge in [-0.15, -0.1) is 0 Å². The molecule has 0 fully saturated rings. The highest BCUT2D eigenvalue weighted by atomic mass is 19.1. The van der Waals surface area contributed by atoms with Crippen LogP contribution in [0.1, 0.15) is 174 Å². The van der Waals surface area contributed by atoms with Crippen molar-refractivity contribution in [3.63, 3.8) is 0 Å². The lowest BCUT2D eigenvalue weighted by Crippen LogP contribution is -2.33. The molecule has 0 aliphatic carbocycles. The van der Waals surface area contributed by atoms with Crippen LogP contribution in [0, 0.1) is 29.1 Å². The number of aromatic nitrogens is 15. The average Bonchev–Trinajstić information content (AvgIpc) is 1.70. The fourth-order valence-corrected chi connectivity index (χ4v) is 16.0. The molecule has 0 amide bonds. The van der Waals surface area contributed by atoms with Crippen LogP contribution < -0.4 is 76.9 Å². The molecule has 0 saturated carbocycles. The molecule has 10 aromatic heterocycles. The lowest BCUT2D eigenvalue weighted by atomic mass is 10.1. The number of hydrogen-bond acceptors (Lipinski definition) is 26. The monoisotopic (exact) mass is 1840 g/mol. The number of halogens is 5. The number of nitrogens with one attached hydrogen (secondary N) is 10. The first-order chi connectivity index (χ1) is 65.2. The van der Waals surface area contributed by atoms with Crippen molar-refractivity contribution in [1.82, 2.24) is 99.6 Å². The summed E-state index contributed by atoms with van der Waals surface area (Å²) in [5.74, 6) is 4.93. The van der Waals surface area contributed by atoms with Crippen molar-refractivity contribution in [2.24, 2.45) is 0 Å². The minimum Gasteiger partial charge on any atom is -0.491 e. The Hall–Kier alpha value is -15.5. The minimum absolute atomic E-state index is 0.0533. The number of benzene rings is 5. The van der Waals surface area contributed by atoms with Crippen LogP contribution in [-0.2, 0) is 0 Å². The van der Waals surface area contributed by atoms with Crippen LogP contribution >= 0.6 is 0 Å². The number of hydrogen-bond donors (Lipinski definition) is 11. The first kappa shape index (κ1) is 92.8. The Morgan fingerprint density at radius 2 is 0.556 bits per heavy atom. The molecule has 36 heteroatoms. The number of aliphatic hydroxyl groups excluding tert-OH is 1. The van der Waals surface area contributed by atoms with E-state index in [1.54, 1.807) is 96.2 Å². The average molecular weight is 1840 g/mol. The van der Waals surface area contributed by atoms with Gasteiger partial charge < -0.3 is 82.0 Å². The van der Waals surface area contributed by atoms with E-state index in [1.807, 2.05) is 83.7 Å². The van der Waals surface area contributed by atoms with Crippen LogP contribution in [0.25, 0.3) is 56.7 Å². The quantitative estimate of drug-likeness (QED) is 0.0713. The van der Waals surface area contributed by atoms with Gasteiger partial charge in [-0.25, -0.2) is 69.4 Å². The van der Waals surface area contributed by atoms with Crippen molar-refractivity contribution < 1.29 is 50.7 Å². The van der Waals surface area contributed by atoms with Gasteiger partial charge in [-0.2, -0.15) is 25.5 Å². The molecule has 15 heterocycles.